The number of hydrogen-bond donors (Lipinski definition) is 0. The van der Waals surface area contributed by atoms with Gasteiger partial charge in [-0.05, 0) is 18.2 Å². The van der Waals surface area contributed by atoms with Crippen molar-refractivity contribution in [3.05, 3.63) is 62.1 Å². The van der Waals surface area contributed by atoms with E-state index in [2.05, 4.69) is 5.16 Å². The summed E-state index contributed by atoms with van der Waals surface area (Å²) in [5.41, 5.74) is 0.241. The second kappa shape index (κ2) is 7.02. The van der Waals surface area contributed by atoms with Gasteiger partial charge in [0.15, 0.2) is 0 Å². The van der Waals surface area contributed by atoms with Gasteiger partial charge < -0.3 is 9.57 Å². The first-order valence-corrected chi connectivity index (χ1v) is 8.98. The van der Waals surface area contributed by atoms with Crippen LogP contribution in [0.4, 0.5) is 11.4 Å². The summed E-state index contributed by atoms with van der Waals surface area (Å²) < 4.78 is 5.18. The molecule has 11 heteroatoms. The van der Waals surface area contributed by atoms with Crippen molar-refractivity contribution < 1.29 is 24.1 Å². The summed E-state index contributed by atoms with van der Waals surface area (Å²) >= 11 is 12.1. The molecule has 0 spiro atoms. The fourth-order valence-corrected chi connectivity index (χ4v) is 3.81. The molecule has 4 rings (SSSR count). The lowest BCUT2D eigenvalue weighted by atomic mass is 9.94. The molecule has 29 heavy (non-hydrogen) atoms. The molecule has 9 nitrogen and oxygen atoms in total. The number of rotatable bonds is 4. The fraction of sp³-hybridized carbons (Fsp3) is 0.167. The number of ether oxygens (including phenoxy) is 1. The summed E-state index contributed by atoms with van der Waals surface area (Å²) in [4.78, 5) is 42.6. The van der Waals surface area contributed by atoms with Crippen molar-refractivity contribution in [1.82, 2.24) is 0 Å². The third-order valence-corrected chi connectivity index (χ3v) is 5.18. The van der Waals surface area contributed by atoms with E-state index in [4.69, 9.17) is 32.8 Å². The number of halogens is 2. The van der Waals surface area contributed by atoms with Crippen molar-refractivity contribution in [2.24, 2.45) is 11.1 Å². The van der Waals surface area contributed by atoms with Crippen molar-refractivity contribution in [3.63, 3.8) is 0 Å². The molecule has 2 aromatic rings. The number of methoxy groups -OCH3 is 1. The first-order valence-electron chi connectivity index (χ1n) is 8.23. The van der Waals surface area contributed by atoms with Crippen LogP contribution in [0.3, 0.4) is 0 Å². The second-order valence-electron chi connectivity index (χ2n) is 6.23. The van der Waals surface area contributed by atoms with Crippen LogP contribution in [-0.4, -0.2) is 35.7 Å². The molecular weight excluding hydrogens is 425 g/mol. The Labute approximate surface area is 173 Å². The second-order valence-corrected chi connectivity index (χ2v) is 7.07. The molecule has 2 atom stereocenters. The van der Waals surface area contributed by atoms with Gasteiger partial charge in [0.1, 0.15) is 23.1 Å². The van der Waals surface area contributed by atoms with Crippen molar-refractivity contribution >= 4 is 52.1 Å². The van der Waals surface area contributed by atoms with Gasteiger partial charge in [0.25, 0.3) is 11.6 Å². The molecule has 2 aromatic carbocycles. The number of imide groups is 1. The van der Waals surface area contributed by atoms with Crippen LogP contribution in [0.15, 0.2) is 41.6 Å². The topological polar surface area (TPSA) is 111 Å². The van der Waals surface area contributed by atoms with Gasteiger partial charge in [0.05, 0.1) is 17.1 Å². The van der Waals surface area contributed by atoms with Gasteiger partial charge >= 0.3 is 0 Å². The maximum absolute atomic E-state index is 13.2. The van der Waals surface area contributed by atoms with E-state index in [1.807, 2.05) is 0 Å². The molecule has 1 fully saturated rings. The van der Waals surface area contributed by atoms with Crippen LogP contribution in [0.2, 0.25) is 10.0 Å². The zero-order valence-corrected chi connectivity index (χ0v) is 16.2. The summed E-state index contributed by atoms with van der Waals surface area (Å²) in [5.74, 6) is -2.28. The van der Waals surface area contributed by atoms with Crippen molar-refractivity contribution in [2.45, 2.75) is 6.10 Å². The van der Waals surface area contributed by atoms with Gasteiger partial charge in [0, 0.05) is 22.7 Å². The monoisotopic (exact) mass is 435 g/mol. The van der Waals surface area contributed by atoms with Crippen LogP contribution in [0.5, 0.6) is 5.75 Å². The quantitative estimate of drug-likeness (QED) is 0.414. The number of nitro groups is 1. The van der Waals surface area contributed by atoms with Gasteiger partial charge in [-0.2, -0.15) is 0 Å². The van der Waals surface area contributed by atoms with Crippen molar-refractivity contribution in [3.8, 4) is 5.75 Å². The molecule has 2 amide bonds. The molecule has 1 saturated heterocycles. The zero-order valence-electron chi connectivity index (χ0n) is 14.7. The Bertz CT molecular complexity index is 1100. The number of amides is 2. The minimum atomic E-state index is -1.20. The lowest BCUT2D eigenvalue weighted by molar-refractivity contribution is -0.384. The normalized spacial score (nSPS) is 20.4. The maximum atomic E-state index is 13.2. The summed E-state index contributed by atoms with van der Waals surface area (Å²) in [6.07, 6.45) is -1.20. The van der Waals surface area contributed by atoms with Gasteiger partial charge in [-0.3, -0.25) is 19.7 Å². The fourth-order valence-electron chi connectivity index (χ4n) is 3.30. The SMILES string of the molecule is COc1ccc([N+](=O)[O-])cc1N1C(=O)[C@@H]2C(c3ccc(Cl)cc3Cl)=NO[C@@H]2C1=O. The van der Waals surface area contributed by atoms with Gasteiger partial charge in [-0.15, -0.1) is 0 Å². The molecule has 2 heterocycles. The van der Waals surface area contributed by atoms with Crippen LogP contribution < -0.4 is 9.64 Å². The van der Waals surface area contributed by atoms with E-state index < -0.39 is 28.8 Å². The largest absolute Gasteiger partial charge is 0.495 e. The predicted molar refractivity (Wildman–Crippen MR) is 104 cm³/mol. The molecule has 148 valence electrons. The Balaban J connectivity index is 1.77. The van der Waals surface area contributed by atoms with E-state index in [1.165, 1.54) is 25.3 Å². The number of nitrogens with zero attached hydrogens (tertiary/aromatic N) is 3. The molecule has 0 bridgehead atoms. The van der Waals surface area contributed by atoms with Crippen LogP contribution >= 0.6 is 23.2 Å². The number of nitro benzene ring substituents is 1. The first-order chi connectivity index (χ1) is 13.8. The third kappa shape index (κ3) is 2.99. The molecule has 2 aliphatic heterocycles. The van der Waals surface area contributed by atoms with Crippen molar-refractivity contribution in [1.29, 1.82) is 0 Å². The van der Waals surface area contributed by atoms with Gasteiger partial charge in [0.2, 0.25) is 12.0 Å². The Morgan fingerprint density at radius 3 is 2.59 bits per heavy atom. The highest BCUT2D eigenvalue weighted by atomic mass is 35.5. The summed E-state index contributed by atoms with van der Waals surface area (Å²) in [5, 5.41) is 15.7. The summed E-state index contributed by atoms with van der Waals surface area (Å²) in [7, 11) is 1.33. The highest BCUT2D eigenvalue weighted by Crippen LogP contribution is 2.41. The minimum Gasteiger partial charge on any atom is -0.495 e. The highest BCUT2D eigenvalue weighted by molar-refractivity contribution is 6.39. The van der Waals surface area contributed by atoms with Crippen LogP contribution in [0.25, 0.3) is 0 Å². The molecular formula is C18H11Cl2N3O6. The standard InChI is InChI=1S/C18H11Cl2N3O6/c1-28-13-5-3-9(23(26)27)7-12(13)22-17(24)14-15(21-29-16(14)18(22)25)10-4-2-8(19)6-11(10)20/h2-7,14,16H,1H3/t14-,16+/m1/s1. The number of oxime groups is 1. The lowest BCUT2D eigenvalue weighted by Gasteiger charge is -2.18. The molecule has 2 aliphatic rings. The number of hydrogen-bond acceptors (Lipinski definition) is 7. The molecule has 0 aliphatic carbocycles. The minimum absolute atomic E-state index is 0.0451. The predicted octanol–water partition coefficient (Wildman–Crippen LogP) is 3.20. The van der Waals surface area contributed by atoms with E-state index >= 15 is 0 Å². The molecule has 0 saturated carbocycles. The zero-order chi connectivity index (χ0) is 20.9. The van der Waals surface area contributed by atoms with E-state index in [9.17, 15) is 19.7 Å². The Hall–Kier alpha value is -3.17. The van der Waals surface area contributed by atoms with E-state index in [0.717, 1.165) is 11.0 Å². The van der Waals surface area contributed by atoms with Gasteiger partial charge in [-0.1, -0.05) is 34.4 Å². The average molecular weight is 436 g/mol. The maximum Gasteiger partial charge on any atom is 0.279 e. The number of non-ortho nitro benzene ring substituents is 1. The van der Waals surface area contributed by atoms with E-state index in [0.29, 0.717) is 10.6 Å². The molecule has 0 aromatic heterocycles. The molecule has 0 radical (unpaired) electrons. The number of benzene rings is 2. The molecule has 0 N–H and O–H groups in total. The van der Waals surface area contributed by atoms with Gasteiger partial charge in [-0.25, -0.2) is 4.90 Å². The third-order valence-electron chi connectivity index (χ3n) is 4.63. The smallest absolute Gasteiger partial charge is 0.279 e. The number of anilines is 1. The number of fused-ring (bicyclic) bond motifs is 1. The van der Waals surface area contributed by atoms with Crippen LogP contribution in [0.1, 0.15) is 5.56 Å². The number of carbonyl (C=O) groups is 2. The van der Waals surface area contributed by atoms with Crippen LogP contribution in [-0.2, 0) is 14.4 Å². The first kappa shape index (κ1) is 19.2. The van der Waals surface area contributed by atoms with Crippen molar-refractivity contribution in [2.75, 3.05) is 12.0 Å². The number of carbonyl (C=O) groups excluding carboxylic acids is 2. The highest BCUT2D eigenvalue weighted by Gasteiger charge is 2.57. The van der Waals surface area contributed by atoms with Crippen LogP contribution in [0, 0.1) is 16.0 Å². The Morgan fingerprint density at radius 1 is 1.17 bits per heavy atom. The van der Waals surface area contributed by atoms with E-state index in [1.54, 1.807) is 12.1 Å². The molecule has 0 unspecified atom stereocenters. The average Bonchev–Trinajstić information content (AvgIpc) is 3.21. The van der Waals surface area contributed by atoms with E-state index in [-0.39, 0.29) is 27.9 Å². The Kier molecular flexibility index (Phi) is 4.64. The lowest BCUT2D eigenvalue weighted by Crippen LogP contribution is -2.33. The summed E-state index contributed by atoms with van der Waals surface area (Å²) in [6.45, 7) is 0. The summed E-state index contributed by atoms with van der Waals surface area (Å²) in [6, 6.07) is 8.25. The Morgan fingerprint density at radius 2 is 1.93 bits per heavy atom.